The first-order chi connectivity index (χ1) is 8.41. The molecule has 0 aliphatic rings. The van der Waals surface area contributed by atoms with Gasteiger partial charge in [0.2, 0.25) is 0 Å². The van der Waals surface area contributed by atoms with Crippen LogP contribution in [0.3, 0.4) is 0 Å². The predicted molar refractivity (Wildman–Crippen MR) is 51.7 cm³/mol. The van der Waals surface area contributed by atoms with Gasteiger partial charge >= 0.3 is 12.1 Å². The standard InChI is InChI=1S/C10H5F3N2O3/c11-10(12,13)6-7(5-3-1-2-4-14-5)15-18-8(6)9(16)17/h1-4H,(H,16,17). The van der Waals surface area contributed by atoms with Gasteiger partial charge in [0.25, 0.3) is 5.76 Å². The van der Waals surface area contributed by atoms with Crippen LogP contribution in [0.2, 0.25) is 0 Å². The summed E-state index contributed by atoms with van der Waals surface area (Å²) < 4.78 is 42.6. The Balaban J connectivity index is 2.67. The van der Waals surface area contributed by atoms with E-state index in [2.05, 4.69) is 14.7 Å². The summed E-state index contributed by atoms with van der Waals surface area (Å²) in [5.41, 5.74) is -2.18. The van der Waals surface area contributed by atoms with Crippen molar-refractivity contribution in [3.8, 4) is 11.4 Å². The minimum Gasteiger partial charge on any atom is -0.475 e. The van der Waals surface area contributed by atoms with E-state index in [0.29, 0.717) is 0 Å². The van der Waals surface area contributed by atoms with Crippen molar-refractivity contribution in [2.24, 2.45) is 0 Å². The Morgan fingerprint density at radius 1 is 1.33 bits per heavy atom. The Hall–Kier alpha value is -2.38. The molecule has 2 aromatic rings. The van der Waals surface area contributed by atoms with Gasteiger partial charge in [-0.15, -0.1) is 0 Å². The van der Waals surface area contributed by atoms with E-state index in [4.69, 9.17) is 5.11 Å². The molecule has 2 heterocycles. The summed E-state index contributed by atoms with van der Waals surface area (Å²) in [6.45, 7) is 0. The second-order valence-electron chi connectivity index (χ2n) is 3.25. The summed E-state index contributed by atoms with van der Waals surface area (Å²) in [7, 11) is 0. The van der Waals surface area contributed by atoms with Crippen LogP contribution in [0.1, 0.15) is 16.1 Å². The van der Waals surface area contributed by atoms with Gasteiger partial charge in [0.15, 0.2) is 0 Å². The van der Waals surface area contributed by atoms with Crippen molar-refractivity contribution in [3.05, 3.63) is 35.7 Å². The van der Waals surface area contributed by atoms with Crippen LogP contribution < -0.4 is 0 Å². The first-order valence-corrected chi connectivity index (χ1v) is 4.63. The number of alkyl halides is 3. The minimum absolute atomic E-state index is 0.110. The molecule has 5 nitrogen and oxygen atoms in total. The molecule has 0 bridgehead atoms. The van der Waals surface area contributed by atoms with E-state index in [1.165, 1.54) is 24.4 Å². The molecular formula is C10H5F3N2O3. The van der Waals surface area contributed by atoms with Crippen molar-refractivity contribution < 1.29 is 27.6 Å². The molecule has 2 aromatic heterocycles. The van der Waals surface area contributed by atoms with Gasteiger partial charge < -0.3 is 9.63 Å². The third-order valence-corrected chi connectivity index (χ3v) is 2.08. The summed E-state index contributed by atoms with van der Waals surface area (Å²) >= 11 is 0. The molecule has 8 heteroatoms. The van der Waals surface area contributed by atoms with Gasteiger partial charge in [-0.1, -0.05) is 11.2 Å². The highest BCUT2D eigenvalue weighted by Gasteiger charge is 2.43. The summed E-state index contributed by atoms with van der Waals surface area (Å²) in [5.74, 6) is -3.08. The van der Waals surface area contributed by atoms with E-state index in [1.54, 1.807) is 0 Å². The summed E-state index contributed by atoms with van der Waals surface area (Å²) in [6.07, 6.45) is -3.62. The van der Waals surface area contributed by atoms with E-state index >= 15 is 0 Å². The van der Waals surface area contributed by atoms with Crippen LogP contribution >= 0.6 is 0 Å². The molecule has 0 atom stereocenters. The maximum atomic E-state index is 12.8. The van der Waals surface area contributed by atoms with Crippen molar-refractivity contribution in [1.29, 1.82) is 0 Å². The maximum absolute atomic E-state index is 12.8. The quantitative estimate of drug-likeness (QED) is 0.895. The highest BCUT2D eigenvalue weighted by atomic mass is 19.4. The smallest absolute Gasteiger partial charge is 0.422 e. The highest BCUT2D eigenvalue weighted by molar-refractivity contribution is 5.88. The summed E-state index contributed by atoms with van der Waals surface area (Å²) in [5, 5.41) is 11.8. The molecule has 0 radical (unpaired) electrons. The number of nitrogens with zero attached hydrogens (tertiary/aromatic N) is 2. The van der Waals surface area contributed by atoms with Crippen LogP contribution in [-0.2, 0) is 6.18 Å². The SMILES string of the molecule is O=C(O)c1onc(-c2ccccn2)c1C(F)(F)F. The molecule has 0 saturated heterocycles. The number of pyridine rings is 1. The van der Waals surface area contributed by atoms with E-state index in [9.17, 15) is 18.0 Å². The lowest BCUT2D eigenvalue weighted by Crippen LogP contribution is -2.11. The lowest BCUT2D eigenvalue weighted by Gasteiger charge is -2.05. The van der Waals surface area contributed by atoms with Gasteiger partial charge in [-0.25, -0.2) is 4.79 Å². The molecule has 0 saturated carbocycles. The van der Waals surface area contributed by atoms with Gasteiger partial charge in [-0.2, -0.15) is 13.2 Å². The molecule has 94 valence electrons. The van der Waals surface area contributed by atoms with Crippen molar-refractivity contribution in [1.82, 2.24) is 10.1 Å². The number of aromatic carboxylic acids is 1. The number of halogens is 3. The maximum Gasteiger partial charge on any atom is 0.422 e. The molecule has 0 aliphatic heterocycles. The van der Waals surface area contributed by atoms with Gasteiger partial charge in [-0.3, -0.25) is 4.98 Å². The Morgan fingerprint density at radius 3 is 2.56 bits per heavy atom. The number of carboxylic acid groups (broad SMARTS) is 1. The van der Waals surface area contributed by atoms with Gasteiger partial charge in [0.1, 0.15) is 11.3 Å². The second-order valence-corrected chi connectivity index (χ2v) is 3.25. The fraction of sp³-hybridized carbons (Fsp3) is 0.100. The lowest BCUT2D eigenvalue weighted by atomic mass is 10.1. The van der Waals surface area contributed by atoms with Crippen molar-refractivity contribution in [3.63, 3.8) is 0 Å². The summed E-state index contributed by atoms with van der Waals surface area (Å²) in [6, 6.07) is 4.24. The Labute approximate surface area is 97.9 Å². The van der Waals surface area contributed by atoms with Crippen LogP contribution in [0.25, 0.3) is 11.4 Å². The van der Waals surface area contributed by atoms with Crippen molar-refractivity contribution in [2.45, 2.75) is 6.18 Å². The van der Waals surface area contributed by atoms with Crippen LogP contribution in [-0.4, -0.2) is 21.2 Å². The zero-order valence-electron chi connectivity index (χ0n) is 8.60. The fourth-order valence-corrected chi connectivity index (χ4v) is 1.38. The molecule has 0 aliphatic carbocycles. The minimum atomic E-state index is -4.89. The third kappa shape index (κ3) is 2.04. The average Bonchev–Trinajstić information content (AvgIpc) is 2.74. The number of hydrogen-bond donors (Lipinski definition) is 1. The monoisotopic (exact) mass is 258 g/mol. The zero-order valence-corrected chi connectivity index (χ0v) is 8.60. The van der Waals surface area contributed by atoms with Crippen molar-refractivity contribution >= 4 is 5.97 Å². The Morgan fingerprint density at radius 2 is 2.06 bits per heavy atom. The first kappa shape index (κ1) is 12.1. The summed E-state index contributed by atoms with van der Waals surface area (Å²) in [4.78, 5) is 14.3. The molecule has 0 spiro atoms. The average molecular weight is 258 g/mol. The zero-order chi connectivity index (χ0) is 13.3. The molecule has 18 heavy (non-hydrogen) atoms. The van der Waals surface area contributed by atoms with Crippen LogP contribution in [0.4, 0.5) is 13.2 Å². The first-order valence-electron chi connectivity index (χ1n) is 4.63. The van der Waals surface area contributed by atoms with E-state index in [0.717, 1.165) is 0 Å². The lowest BCUT2D eigenvalue weighted by molar-refractivity contribution is -0.138. The van der Waals surface area contributed by atoms with E-state index in [1.807, 2.05) is 0 Å². The largest absolute Gasteiger partial charge is 0.475 e. The number of rotatable bonds is 2. The third-order valence-electron chi connectivity index (χ3n) is 2.08. The predicted octanol–water partition coefficient (Wildman–Crippen LogP) is 2.45. The molecule has 2 rings (SSSR count). The highest BCUT2D eigenvalue weighted by Crippen LogP contribution is 2.38. The molecule has 0 aromatic carbocycles. The van der Waals surface area contributed by atoms with Crippen LogP contribution in [0.5, 0.6) is 0 Å². The number of aromatic nitrogens is 2. The van der Waals surface area contributed by atoms with Crippen LogP contribution in [0, 0.1) is 0 Å². The van der Waals surface area contributed by atoms with E-state index < -0.39 is 29.2 Å². The number of carboxylic acids is 1. The fourth-order valence-electron chi connectivity index (χ4n) is 1.38. The van der Waals surface area contributed by atoms with E-state index in [-0.39, 0.29) is 5.69 Å². The second kappa shape index (κ2) is 4.13. The number of carbonyl (C=O) groups is 1. The van der Waals surface area contributed by atoms with Crippen molar-refractivity contribution in [2.75, 3.05) is 0 Å². The Bertz CT molecular complexity index is 578. The van der Waals surface area contributed by atoms with Gasteiger partial charge in [0.05, 0.1) is 5.69 Å². The van der Waals surface area contributed by atoms with Gasteiger partial charge in [0, 0.05) is 6.20 Å². The van der Waals surface area contributed by atoms with Gasteiger partial charge in [-0.05, 0) is 12.1 Å². The van der Waals surface area contributed by atoms with Crippen LogP contribution in [0.15, 0.2) is 28.9 Å². The Kier molecular flexibility index (Phi) is 2.77. The molecule has 0 unspecified atom stereocenters. The molecule has 0 fully saturated rings. The molecular weight excluding hydrogens is 253 g/mol. The normalized spacial score (nSPS) is 11.5. The topological polar surface area (TPSA) is 76.2 Å². The number of hydrogen-bond acceptors (Lipinski definition) is 4. The molecule has 0 amide bonds. The molecule has 1 N–H and O–H groups in total.